The molecule has 0 bridgehead atoms. The van der Waals surface area contributed by atoms with Crippen molar-refractivity contribution in [3.63, 3.8) is 0 Å². The number of rotatable bonds is 7. The Morgan fingerprint density at radius 2 is 1.67 bits per heavy atom. The molecule has 0 heterocycles. The zero-order valence-electron chi connectivity index (χ0n) is 14.2. The SMILES string of the molecule is CCNC(=NCc1ccccc1OC)NCc1ccccc1CO. The van der Waals surface area contributed by atoms with Crippen molar-refractivity contribution in [1.82, 2.24) is 10.6 Å². The van der Waals surface area contributed by atoms with Gasteiger partial charge in [-0.25, -0.2) is 4.99 Å². The van der Waals surface area contributed by atoms with Crippen LogP contribution in [0.5, 0.6) is 5.75 Å². The van der Waals surface area contributed by atoms with E-state index in [-0.39, 0.29) is 6.61 Å². The van der Waals surface area contributed by atoms with Crippen LogP contribution in [-0.4, -0.2) is 24.7 Å². The van der Waals surface area contributed by atoms with Gasteiger partial charge in [0, 0.05) is 18.7 Å². The number of methoxy groups -OCH3 is 1. The number of nitrogens with one attached hydrogen (secondary N) is 2. The minimum absolute atomic E-state index is 0.0345. The second kappa shape index (κ2) is 9.57. The molecule has 0 unspecified atom stereocenters. The van der Waals surface area contributed by atoms with E-state index in [1.165, 1.54) is 0 Å². The van der Waals surface area contributed by atoms with Crippen molar-refractivity contribution in [3.05, 3.63) is 65.2 Å². The monoisotopic (exact) mass is 327 g/mol. The summed E-state index contributed by atoms with van der Waals surface area (Å²) in [6.07, 6.45) is 0. The van der Waals surface area contributed by atoms with Crippen LogP contribution < -0.4 is 15.4 Å². The molecule has 0 fully saturated rings. The van der Waals surface area contributed by atoms with Crippen molar-refractivity contribution in [3.8, 4) is 5.75 Å². The number of para-hydroxylation sites is 1. The highest BCUT2D eigenvalue weighted by molar-refractivity contribution is 5.79. The first-order chi connectivity index (χ1) is 11.8. The molecule has 2 aromatic carbocycles. The summed E-state index contributed by atoms with van der Waals surface area (Å²) in [7, 11) is 1.66. The molecule has 0 saturated carbocycles. The molecule has 2 rings (SSSR count). The summed E-state index contributed by atoms with van der Waals surface area (Å²) < 4.78 is 5.36. The molecule has 0 amide bonds. The number of benzene rings is 2. The Balaban J connectivity index is 2.05. The van der Waals surface area contributed by atoms with Gasteiger partial charge in [0.05, 0.1) is 20.3 Å². The lowest BCUT2D eigenvalue weighted by atomic mass is 10.1. The molecule has 0 atom stereocenters. The summed E-state index contributed by atoms with van der Waals surface area (Å²) >= 11 is 0. The van der Waals surface area contributed by atoms with E-state index in [1.54, 1.807) is 7.11 Å². The van der Waals surface area contributed by atoms with Crippen LogP contribution in [0.3, 0.4) is 0 Å². The van der Waals surface area contributed by atoms with Crippen molar-refractivity contribution in [2.45, 2.75) is 26.6 Å². The van der Waals surface area contributed by atoms with Crippen molar-refractivity contribution in [2.24, 2.45) is 4.99 Å². The van der Waals surface area contributed by atoms with E-state index in [1.807, 2.05) is 55.5 Å². The summed E-state index contributed by atoms with van der Waals surface area (Å²) in [6, 6.07) is 15.7. The summed E-state index contributed by atoms with van der Waals surface area (Å²) in [5.74, 6) is 1.57. The van der Waals surface area contributed by atoms with E-state index < -0.39 is 0 Å². The number of ether oxygens (including phenoxy) is 1. The topological polar surface area (TPSA) is 65.9 Å². The van der Waals surface area contributed by atoms with E-state index in [9.17, 15) is 5.11 Å². The van der Waals surface area contributed by atoms with Gasteiger partial charge >= 0.3 is 0 Å². The maximum atomic E-state index is 9.41. The lowest BCUT2D eigenvalue weighted by molar-refractivity contribution is 0.280. The van der Waals surface area contributed by atoms with Crippen LogP contribution in [0.4, 0.5) is 0 Å². The van der Waals surface area contributed by atoms with Crippen LogP contribution in [0, 0.1) is 0 Å². The van der Waals surface area contributed by atoms with Crippen LogP contribution >= 0.6 is 0 Å². The standard InChI is InChI=1S/C19H25N3O2/c1-3-20-19(21-12-15-8-4-5-10-17(15)14-23)22-13-16-9-6-7-11-18(16)24-2/h4-11,23H,3,12-14H2,1-2H3,(H2,20,21,22). The molecule has 128 valence electrons. The summed E-state index contributed by atoms with van der Waals surface area (Å²) in [6.45, 7) is 3.98. The van der Waals surface area contributed by atoms with Crippen molar-refractivity contribution < 1.29 is 9.84 Å². The summed E-state index contributed by atoms with van der Waals surface area (Å²) in [5.41, 5.74) is 3.02. The highest BCUT2D eigenvalue weighted by Gasteiger charge is 2.04. The number of aliphatic hydroxyl groups is 1. The molecular formula is C19H25N3O2. The van der Waals surface area contributed by atoms with Gasteiger partial charge in [-0.3, -0.25) is 0 Å². The predicted molar refractivity (Wildman–Crippen MR) is 97.0 cm³/mol. The fourth-order valence-electron chi connectivity index (χ4n) is 2.40. The molecule has 0 radical (unpaired) electrons. The Bertz CT molecular complexity index is 671. The number of hydrogen-bond donors (Lipinski definition) is 3. The third-order valence-electron chi connectivity index (χ3n) is 3.68. The molecule has 5 heteroatoms. The molecule has 0 aromatic heterocycles. The number of guanidine groups is 1. The van der Waals surface area contributed by atoms with Crippen LogP contribution in [0.1, 0.15) is 23.6 Å². The Morgan fingerprint density at radius 3 is 2.33 bits per heavy atom. The first-order valence-electron chi connectivity index (χ1n) is 8.10. The minimum Gasteiger partial charge on any atom is -0.496 e. The lowest BCUT2D eigenvalue weighted by Gasteiger charge is -2.13. The molecule has 0 saturated heterocycles. The van der Waals surface area contributed by atoms with E-state index >= 15 is 0 Å². The van der Waals surface area contributed by atoms with Crippen molar-refractivity contribution >= 4 is 5.96 Å². The Hall–Kier alpha value is -2.53. The average molecular weight is 327 g/mol. The van der Waals surface area contributed by atoms with Crippen molar-refractivity contribution in [1.29, 1.82) is 0 Å². The Kier molecular flexibility index (Phi) is 7.11. The number of aliphatic imine (C=N–C) groups is 1. The smallest absolute Gasteiger partial charge is 0.191 e. The summed E-state index contributed by atoms with van der Waals surface area (Å²) in [4.78, 5) is 4.61. The third kappa shape index (κ3) is 4.99. The fourth-order valence-corrected chi connectivity index (χ4v) is 2.40. The van der Waals surface area contributed by atoms with Gasteiger partial charge < -0.3 is 20.5 Å². The first kappa shape index (κ1) is 17.8. The molecule has 2 aromatic rings. The quantitative estimate of drug-likeness (QED) is 0.540. The molecule has 24 heavy (non-hydrogen) atoms. The number of hydrogen-bond acceptors (Lipinski definition) is 3. The zero-order chi connectivity index (χ0) is 17.2. The van der Waals surface area contributed by atoms with Gasteiger partial charge in [-0.15, -0.1) is 0 Å². The molecule has 0 spiro atoms. The maximum Gasteiger partial charge on any atom is 0.191 e. The van der Waals surface area contributed by atoms with Crippen LogP contribution in [0.2, 0.25) is 0 Å². The fraction of sp³-hybridized carbons (Fsp3) is 0.316. The minimum atomic E-state index is 0.0345. The van der Waals surface area contributed by atoms with Gasteiger partial charge in [-0.1, -0.05) is 42.5 Å². The van der Waals surface area contributed by atoms with Crippen LogP contribution in [-0.2, 0) is 19.7 Å². The van der Waals surface area contributed by atoms with Gasteiger partial charge in [0.1, 0.15) is 5.75 Å². The summed E-state index contributed by atoms with van der Waals surface area (Å²) in [5, 5.41) is 15.9. The van der Waals surface area contributed by atoms with Gasteiger partial charge in [0.25, 0.3) is 0 Å². The van der Waals surface area contributed by atoms with E-state index in [0.29, 0.717) is 13.1 Å². The van der Waals surface area contributed by atoms with E-state index in [0.717, 1.165) is 34.9 Å². The molecule has 0 aliphatic rings. The Labute approximate surface area is 143 Å². The highest BCUT2D eigenvalue weighted by Crippen LogP contribution is 2.17. The van der Waals surface area contributed by atoms with Gasteiger partial charge in [0.15, 0.2) is 5.96 Å². The third-order valence-corrected chi connectivity index (χ3v) is 3.68. The van der Waals surface area contributed by atoms with E-state index in [4.69, 9.17) is 4.74 Å². The number of nitrogens with zero attached hydrogens (tertiary/aromatic N) is 1. The predicted octanol–water partition coefficient (Wildman–Crippen LogP) is 2.44. The Morgan fingerprint density at radius 1 is 1.00 bits per heavy atom. The largest absolute Gasteiger partial charge is 0.496 e. The second-order valence-corrected chi connectivity index (χ2v) is 5.29. The lowest BCUT2D eigenvalue weighted by Crippen LogP contribution is -2.37. The van der Waals surface area contributed by atoms with Crippen LogP contribution in [0.25, 0.3) is 0 Å². The molecule has 0 aliphatic carbocycles. The maximum absolute atomic E-state index is 9.41. The normalized spacial score (nSPS) is 11.2. The van der Waals surface area contributed by atoms with Crippen LogP contribution in [0.15, 0.2) is 53.5 Å². The zero-order valence-corrected chi connectivity index (χ0v) is 14.2. The highest BCUT2D eigenvalue weighted by atomic mass is 16.5. The first-order valence-corrected chi connectivity index (χ1v) is 8.10. The number of aliphatic hydroxyl groups excluding tert-OH is 1. The van der Waals surface area contributed by atoms with Gasteiger partial charge in [-0.2, -0.15) is 0 Å². The molecule has 5 nitrogen and oxygen atoms in total. The van der Waals surface area contributed by atoms with E-state index in [2.05, 4.69) is 15.6 Å². The molecular weight excluding hydrogens is 302 g/mol. The molecule has 3 N–H and O–H groups in total. The average Bonchev–Trinajstić information content (AvgIpc) is 2.64. The molecule has 0 aliphatic heterocycles. The second-order valence-electron chi connectivity index (χ2n) is 5.29. The van der Waals surface area contributed by atoms with Gasteiger partial charge in [0.2, 0.25) is 0 Å². The van der Waals surface area contributed by atoms with Gasteiger partial charge in [-0.05, 0) is 24.1 Å². The van der Waals surface area contributed by atoms with Crippen molar-refractivity contribution in [2.75, 3.05) is 13.7 Å².